The average Bonchev–Trinajstić information content (AvgIpc) is 2.92. The number of aliphatic imine (C=N–C) groups is 1. The van der Waals surface area contributed by atoms with E-state index in [2.05, 4.69) is 81.7 Å². The van der Waals surface area contributed by atoms with Crippen LogP contribution in [0.1, 0.15) is 28.9 Å². The smallest absolute Gasteiger partial charge is 0.191 e. The highest BCUT2D eigenvalue weighted by molar-refractivity contribution is 5.79. The molecule has 6 nitrogen and oxygen atoms in total. The molecular formula is C20H32N6. The molecule has 2 rings (SSSR count). The predicted octanol–water partition coefficient (Wildman–Crippen LogP) is 2.32. The first kappa shape index (κ1) is 20.0. The van der Waals surface area contributed by atoms with Gasteiger partial charge in [0.2, 0.25) is 0 Å². The fourth-order valence-corrected chi connectivity index (χ4v) is 2.96. The summed E-state index contributed by atoms with van der Waals surface area (Å²) in [6.45, 7) is 7.60. The summed E-state index contributed by atoms with van der Waals surface area (Å²) >= 11 is 0. The van der Waals surface area contributed by atoms with Gasteiger partial charge in [-0.05, 0) is 51.6 Å². The van der Waals surface area contributed by atoms with Crippen LogP contribution in [0.5, 0.6) is 0 Å². The minimum atomic E-state index is 0.765. The number of hydrogen-bond donors (Lipinski definition) is 2. The van der Waals surface area contributed by atoms with Crippen LogP contribution >= 0.6 is 0 Å². The molecule has 2 aromatic rings. The van der Waals surface area contributed by atoms with Crippen molar-refractivity contribution in [2.24, 2.45) is 4.99 Å². The van der Waals surface area contributed by atoms with E-state index in [1.54, 1.807) is 0 Å². The van der Waals surface area contributed by atoms with E-state index in [1.807, 2.05) is 14.0 Å². The first-order valence-electron chi connectivity index (χ1n) is 9.16. The second kappa shape index (κ2) is 9.97. The largest absolute Gasteiger partial charge is 0.356 e. The van der Waals surface area contributed by atoms with E-state index in [0.717, 1.165) is 44.3 Å². The Morgan fingerprint density at radius 1 is 1.15 bits per heavy atom. The molecule has 0 spiro atoms. The molecule has 0 amide bonds. The van der Waals surface area contributed by atoms with E-state index in [9.17, 15) is 0 Å². The van der Waals surface area contributed by atoms with Crippen LogP contribution in [0.15, 0.2) is 35.3 Å². The van der Waals surface area contributed by atoms with Crippen LogP contribution in [0, 0.1) is 13.8 Å². The van der Waals surface area contributed by atoms with Crippen molar-refractivity contribution in [3.05, 3.63) is 52.8 Å². The molecule has 0 radical (unpaired) electrons. The van der Waals surface area contributed by atoms with Gasteiger partial charge in [-0.25, -0.2) is 0 Å². The van der Waals surface area contributed by atoms with Crippen molar-refractivity contribution in [2.75, 3.05) is 27.7 Å². The van der Waals surface area contributed by atoms with Crippen molar-refractivity contribution in [1.29, 1.82) is 0 Å². The molecule has 0 saturated carbocycles. The van der Waals surface area contributed by atoms with E-state index in [-0.39, 0.29) is 0 Å². The molecule has 0 unspecified atom stereocenters. The van der Waals surface area contributed by atoms with Gasteiger partial charge in [-0.15, -0.1) is 0 Å². The number of aromatic nitrogens is 2. The summed E-state index contributed by atoms with van der Waals surface area (Å²) in [6.07, 6.45) is 1.000. The van der Waals surface area contributed by atoms with E-state index < -0.39 is 0 Å². The van der Waals surface area contributed by atoms with Crippen molar-refractivity contribution >= 4 is 5.96 Å². The number of benzene rings is 1. The van der Waals surface area contributed by atoms with Crippen molar-refractivity contribution in [3.8, 4) is 0 Å². The minimum absolute atomic E-state index is 0.765. The van der Waals surface area contributed by atoms with Gasteiger partial charge in [-0.1, -0.05) is 24.3 Å². The standard InChI is InChI=1S/C20H32N6/c1-16-13-17(2)26(24-16)12-8-11-22-20(21-3)23-14-18-9-6-7-10-19(18)15-25(4)5/h6-7,9-10,13H,8,11-12,14-15H2,1-5H3,(H2,21,22,23). The SMILES string of the molecule is CN=C(NCCCn1nc(C)cc1C)NCc1ccccc1CN(C)C. The summed E-state index contributed by atoms with van der Waals surface area (Å²) in [6, 6.07) is 10.6. The lowest BCUT2D eigenvalue weighted by molar-refractivity contribution is 0.400. The van der Waals surface area contributed by atoms with E-state index in [1.165, 1.54) is 16.8 Å². The van der Waals surface area contributed by atoms with Gasteiger partial charge in [0, 0.05) is 38.9 Å². The van der Waals surface area contributed by atoms with Crippen LogP contribution in [0.2, 0.25) is 0 Å². The third-order valence-electron chi connectivity index (χ3n) is 4.22. The van der Waals surface area contributed by atoms with Gasteiger partial charge in [0.1, 0.15) is 0 Å². The summed E-state index contributed by atoms with van der Waals surface area (Å²) in [7, 11) is 5.99. The first-order valence-corrected chi connectivity index (χ1v) is 9.16. The Morgan fingerprint density at radius 2 is 1.88 bits per heavy atom. The molecule has 26 heavy (non-hydrogen) atoms. The van der Waals surface area contributed by atoms with Crippen LogP contribution in [-0.2, 0) is 19.6 Å². The zero-order valence-corrected chi connectivity index (χ0v) is 16.7. The normalized spacial score (nSPS) is 11.8. The summed E-state index contributed by atoms with van der Waals surface area (Å²) < 4.78 is 2.06. The van der Waals surface area contributed by atoms with Gasteiger partial charge in [-0.3, -0.25) is 9.67 Å². The number of hydrogen-bond acceptors (Lipinski definition) is 3. The number of aryl methyl sites for hydroxylation is 3. The molecule has 0 aliphatic rings. The zero-order valence-electron chi connectivity index (χ0n) is 16.7. The summed E-state index contributed by atoms with van der Waals surface area (Å²) in [5.74, 6) is 0.832. The highest BCUT2D eigenvalue weighted by Crippen LogP contribution is 2.10. The Hall–Kier alpha value is -2.34. The second-order valence-corrected chi connectivity index (χ2v) is 6.86. The van der Waals surface area contributed by atoms with Crippen LogP contribution in [-0.4, -0.2) is 48.3 Å². The summed E-state index contributed by atoms with van der Waals surface area (Å²) in [5, 5.41) is 11.3. The lowest BCUT2D eigenvalue weighted by atomic mass is 10.1. The molecule has 142 valence electrons. The molecule has 0 aliphatic carbocycles. The highest BCUT2D eigenvalue weighted by atomic mass is 15.3. The topological polar surface area (TPSA) is 57.5 Å². The molecular weight excluding hydrogens is 324 g/mol. The van der Waals surface area contributed by atoms with Crippen molar-refractivity contribution in [3.63, 3.8) is 0 Å². The van der Waals surface area contributed by atoms with Gasteiger partial charge >= 0.3 is 0 Å². The van der Waals surface area contributed by atoms with Gasteiger partial charge in [0.25, 0.3) is 0 Å². The van der Waals surface area contributed by atoms with Crippen LogP contribution in [0.4, 0.5) is 0 Å². The maximum absolute atomic E-state index is 4.50. The Bertz CT molecular complexity index is 717. The molecule has 1 heterocycles. The first-order chi connectivity index (χ1) is 12.5. The fourth-order valence-electron chi connectivity index (χ4n) is 2.96. The second-order valence-electron chi connectivity index (χ2n) is 6.86. The number of guanidine groups is 1. The molecule has 1 aromatic heterocycles. The third kappa shape index (κ3) is 6.19. The predicted molar refractivity (Wildman–Crippen MR) is 108 cm³/mol. The third-order valence-corrected chi connectivity index (χ3v) is 4.22. The lowest BCUT2D eigenvalue weighted by Gasteiger charge is -2.16. The Balaban J connectivity index is 1.78. The van der Waals surface area contributed by atoms with Crippen molar-refractivity contribution in [2.45, 2.75) is 39.9 Å². The molecule has 1 aromatic carbocycles. The van der Waals surface area contributed by atoms with E-state index in [4.69, 9.17) is 0 Å². The molecule has 6 heteroatoms. The van der Waals surface area contributed by atoms with Gasteiger partial charge in [-0.2, -0.15) is 5.10 Å². The molecule has 0 bridgehead atoms. The Labute approximate surface area is 157 Å². The minimum Gasteiger partial charge on any atom is -0.356 e. The van der Waals surface area contributed by atoms with Crippen molar-refractivity contribution in [1.82, 2.24) is 25.3 Å². The average molecular weight is 357 g/mol. The zero-order chi connectivity index (χ0) is 18.9. The fraction of sp³-hybridized carbons (Fsp3) is 0.500. The number of nitrogens with one attached hydrogen (secondary N) is 2. The van der Waals surface area contributed by atoms with E-state index >= 15 is 0 Å². The van der Waals surface area contributed by atoms with Crippen molar-refractivity contribution < 1.29 is 0 Å². The highest BCUT2D eigenvalue weighted by Gasteiger charge is 2.05. The lowest BCUT2D eigenvalue weighted by Crippen LogP contribution is -2.37. The quantitative estimate of drug-likeness (QED) is 0.433. The maximum Gasteiger partial charge on any atom is 0.191 e. The van der Waals surface area contributed by atoms with Gasteiger partial charge < -0.3 is 15.5 Å². The summed E-state index contributed by atoms with van der Waals surface area (Å²) in [5.41, 5.74) is 4.92. The number of rotatable bonds is 8. The molecule has 0 aliphatic heterocycles. The van der Waals surface area contributed by atoms with Crippen LogP contribution < -0.4 is 10.6 Å². The molecule has 0 saturated heterocycles. The van der Waals surface area contributed by atoms with E-state index in [0.29, 0.717) is 0 Å². The van der Waals surface area contributed by atoms with Gasteiger partial charge in [0.15, 0.2) is 5.96 Å². The maximum atomic E-state index is 4.50. The number of nitrogens with zero attached hydrogens (tertiary/aromatic N) is 4. The summed E-state index contributed by atoms with van der Waals surface area (Å²) in [4.78, 5) is 6.51. The Kier molecular flexibility index (Phi) is 7.66. The van der Waals surface area contributed by atoms with Gasteiger partial charge in [0.05, 0.1) is 5.69 Å². The Morgan fingerprint density at radius 3 is 2.50 bits per heavy atom. The molecule has 2 N–H and O–H groups in total. The van der Waals surface area contributed by atoms with Crippen LogP contribution in [0.3, 0.4) is 0 Å². The molecule has 0 fully saturated rings. The monoisotopic (exact) mass is 356 g/mol. The molecule has 0 atom stereocenters. The van der Waals surface area contributed by atoms with Crippen LogP contribution in [0.25, 0.3) is 0 Å².